The van der Waals surface area contributed by atoms with E-state index in [2.05, 4.69) is 17.4 Å². The van der Waals surface area contributed by atoms with Crippen molar-refractivity contribution in [1.29, 1.82) is 0 Å². The normalized spacial score (nSPS) is 12.2. The second kappa shape index (κ2) is 8.74. The van der Waals surface area contributed by atoms with Gasteiger partial charge in [0.1, 0.15) is 16.9 Å². The Labute approximate surface area is 192 Å². The zero-order valence-electron chi connectivity index (χ0n) is 18.4. The molecule has 0 radical (unpaired) electrons. The van der Waals surface area contributed by atoms with Crippen LogP contribution in [0.25, 0.3) is 22.2 Å². The fourth-order valence-corrected chi connectivity index (χ4v) is 4.15. The minimum absolute atomic E-state index is 0.172. The highest BCUT2D eigenvalue weighted by molar-refractivity contribution is 6.10. The number of carbonyl (C=O) groups excluding carboxylic acids is 1. The monoisotopic (exact) mass is 435 g/mol. The first-order chi connectivity index (χ1) is 16.1. The molecule has 2 heterocycles. The third kappa shape index (κ3) is 4.03. The number of carbonyl (C=O) groups is 1. The number of hydrogen-bond donors (Lipinski definition) is 2. The number of rotatable bonds is 6. The lowest BCUT2D eigenvalue weighted by molar-refractivity contribution is 0.0942. The molecule has 164 valence electrons. The summed E-state index contributed by atoms with van der Waals surface area (Å²) in [6.07, 6.45) is 0.769. The first-order valence-electron chi connectivity index (χ1n) is 11.1. The number of nitrogens with zero attached hydrogens (tertiary/aromatic N) is 3. The standard InChI is InChI=1S/C27H25N5O/c1-18(20-12-6-3-7-13-20)29-27(33)23-24-26(31-22-15-9-8-14-21(22)30-24)32(25(23)28)17-16-19-10-4-2-5-11-19/h2-15,18H,16-17,28H2,1H3,(H,29,33)/t18-/m0/s1. The highest BCUT2D eigenvalue weighted by Crippen LogP contribution is 2.29. The first kappa shape index (κ1) is 20.7. The van der Waals surface area contributed by atoms with Crippen LogP contribution >= 0.6 is 0 Å². The number of benzene rings is 3. The van der Waals surface area contributed by atoms with Crippen LogP contribution in [-0.2, 0) is 13.0 Å². The van der Waals surface area contributed by atoms with Crippen LogP contribution in [0.1, 0.15) is 34.5 Å². The van der Waals surface area contributed by atoms with Gasteiger partial charge in [-0.2, -0.15) is 0 Å². The van der Waals surface area contributed by atoms with Gasteiger partial charge < -0.3 is 15.6 Å². The van der Waals surface area contributed by atoms with Crippen LogP contribution in [-0.4, -0.2) is 20.4 Å². The maximum Gasteiger partial charge on any atom is 0.257 e. The minimum atomic E-state index is -0.253. The Morgan fingerprint density at radius 1 is 0.909 bits per heavy atom. The van der Waals surface area contributed by atoms with E-state index in [1.165, 1.54) is 5.56 Å². The Balaban J connectivity index is 1.57. The molecule has 5 aromatic rings. The van der Waals surface area contributed by atoms with Crippen LogP contribution in [0, 0.1) is 0 Å². The summed E-state index contributed by atoms with van der Waals surface area (Å²) in [6.45, 7) is 2.56. The lowest BCUT2D eigenvalue weighted by atomic mass is 10.1. The van der Waals surface area contributed by atoms with Crippen molar-refractivity contribution in [3.8, 4) is 0 Å². The molecular formula is C27H25N5O. The molecule has 0 aliphatic carbocycles. The summed E-state index contributed by atoms with van der Waals surface area (Å²) in [5, 5.41) is 3.08. The number of aryl methyl sites for hydroxylation is 2. The molecule has 0 aliphatic rings. The number of fused-ring (bicyclic) bond motifs is 2. The molecule has 0 fully saturated rings. The van der Waals surface area contributed by atoms with Crippen LogP contribution in [0.15, 0.2) is 84.9 Å². The summed E-state index contributed by atoms with van der Waals surface area (Å²) in [4.78, 5) is 23.0. The van der Waals surface area contributed by atoms with Crippen molar-refractivity contribution in [2.75, 3.05) is 5.73 Å². The Morgan fingerprint density at radius 3 is 2.21 bits per heavy atom. The van der Waals surface area contributed by atoms with Crippen molar-refractivity contribution in [3.05, 3.63) is 102 Å². The van der Waals surface area contributed by atoms with Crippen LogP contribution < -0.4 is 11.1 Å². The van der Waals surface area contributed by atoms with Crippen molar-refractivity contribution in [2.24, 2.45) is 0 Å². The van der Waals surface area contributed by atoms with E-state index in [4.69, 9.17) is 15.7 Å². The zero-order chi connectivity index (χ0) is 22.8. The topological polar surface area (TPSA) is 85.8 Å². The highest BCUT2D eigenvalue weighted by atomic mass is 16.1. The van der Waals surface area contributed by atoms with E-state index in [0.717, 1.165) is 23.0 Å². The number of amides is 1. The molecule has 6 heteroatoms. The second-order valence-electron chi connectivity index (χ2n) is 8.14. The molecule has 0 bridgehead atoms. The quantitative estimate of drug-likeness (QED) is 0.397. The molecule has 0 saturated heterocycles. The van der Waals surface area contributed by atoms with Crippen LogP contribution in [0.5, 0.6) is 0 Å². The number of anilines is 1. The maximum atomic E-state index is 13.4. The molecular weight excluding hydrogens is 410 g/mol. The predicted octanol–water partition coefficient (Wildman–Crippen LogP) is 4.90. The third-order valence-electron chi connectivity index (χ3n) is 5.93. The Kier molecular flexibility index (Phi) is 5.48. The van der Waals surface area contributed by atoms with Crippen molar-refractivity contribution >= 4 is 33.9 Å². The van der Waals surface area contributed by atoms with Crippen LogP contribution in [0.4, 0.5) is 5.82 Å². The van der Waals surface area contributed by atoms with Gasteiger partial charge in [-0.15, -0.1) is 0 Å². The maximum absolute atomic E-state index is 13.4. The van der Waals surface area contributed by atoms with Gasteiger partial charge in [-0.05, 0) is 36.6 Å². The van der Waals surface area contributed by atoms with Crippen LogP contribution in [0.2, 0.25) is 0 Å². The number of nitrogens with one attached hydrogen (secondary N) is 1. The van der Waals surface area contributed by atoms with Gasteiger partial charge in [-0.25, -0.2) is 9.97 Å². The molecule has 2 aromatic heterocycles. The zero-order valence-corrected chi connectivity index (χ0v) is 18.4. The average molecular weight is 436 g/mol. The lowest BCUT2D eigenvalue weighted by Gasteiger charge is -2.14. The molecule has 33 heavy (non-hydrogen) atoms. The summed E-state index contributed by atoms with van der Waals surface area (Å²) >= 11 is 0. The van der Waals surface area contributed by atoms with Crippen molar-refractivity contribution < 1.29 is 4.79 Å². The van der Waals surface area contributed by atoms with E-state index in [1.54, 1.807) is 0 Å². The fraction of sp³-hybridized carbons (Fsp3) is 0.148. The third-order valence-corrected chi connectivity index (χ3v) is 5.93. The average Bonchev–Trinajstić information content (AvgIpc) is 3.12. The number of aromatic nitrogens is 3. The van der Waals surface area contributed by atoms with Crippen molar-refractivity contribution in [1.82, 2.24) is 19.9 Å². The molecule has 0 saturated carbocycles. The minimum Gasteiger partial charge on any atom is -0.384 e. The Morgan fingerprint density at radius 2 is 1.52 bits per heavy atom. The van der Waals surface area contributed by atoms with Gasteiger partial charge in [-0.1, -0.05) is 72.8 Å². The smallest absolute Gasteiger partial charge is 0.257 e. The molecule has 1 atom stereocenters. The largest absolute Gasteiger partial charge is 0.384 e. The van der Waals surface area contributed by atoms with Gasteiger partial charge >= 0.3 is 0 Å². The van der Waals surface area contributed by atoms with Gasteiger partial charge in [0.05, 0.1) is 17.1 Å². The predicted molar refractivity (Wildman–Crippen MR) is 132 cm³/mol. The number of nitrogens with two attached hydrogens (primary N) is 1. The molecule has 6 nitrogen and oxygen atoms in total. The lowest BCUT2D eigenvalue weighted by Crippen LogP contribution is -2.27. The molecule has 3 N–H and O–H groups in total. The number of hydrogen-bond acceptors (Lipinski definition) is 4. The molecule has 1 amide bonds. The first-order valence-corrected chi connectivity index (χ1v) is 11.1. The molecule has 0 unspecified atom stereocenters. The molecule has 3 aromatic carbocycles. The van der Waals surface area contributed by atoms with Gasteiger partial charge in [-0.3, -0.25) is 4.79 Å². The Hall–Kier alpha value is -4.19. The molecule has 5 rings (SSSR count). The SMILES string of the molecule is C[C@H](NC(=O)c1c(N)n(CCc2ccccc2)c2nc3ccccc3nc12)c1ccccc1. The van der Waals surface area contributed by atoms with Crippen molar-refractivity contribution in [3.63, 3.8) is 0 Å². The summed E-state index contributed by atoms with van der Waals surface area (Å²) in [7, 11) is 0. The summed E-state index contributed by atoms with van der Waals surface area (Å²) in [5.41, 5.74) is 11.8. The van der Waals surface area contributed by atoms with Crippen molar-refractivity contribution in [2.45, 2.75) is 25.9 Å². The van der Waals surface area contributed by atoms with E-state index in [-0.39, 0.29) is 11.9 Å². The van der Waals surface area contributed by atoms with E-state index >= 15 is 0 Å². The summed E-state index contributed by atoms with van der Waals surface area (Å²) in [5.74, 6) is 0.130. The summed E-state index contributed by atoms with van der Waals surface area (Å²) in [6, 6.07) is 27.5. The van der Waals surface area contributed by atoms with E-state index in [1.807, 2.05) is 84.3 Å². The van der Waals surface area contributed by atoms with Crippen LogP contribution in [0.3, 0.4) is 0 Å². The second-order valence-corrected chi connectivity index (χ2v) is 8.14. The van der Waals surface area contributed by atoms with E-state index in [0.29, 0.717) is 29.1 Å². The van der Waals surface area contributed by atoms with E-state index in [9.17, 15) is 4.79 Å². The number of nitrogen functional groups attached to an aromatic ring is 1. The van der Waals surface area contributed by atoms with E-state index < -0.39 is 0 Å². The molecule has 0 spiro atoms. The summed E-state index contributed by atoms with van der Waals surface area (Å²) < 4.78 is 1.91. The fourth-order valence-electron chi connectivity index (χ4n) is 4.15. The van der Waals surface area contributed by atoms with Gasteiger partial charge in [0.15, 0.2) is 5.65 Å². The van der Waals surface area contributed by atoms with Gasteiger partial charge in [0.25, 0.3) is 5.91 Å². The van der Waals surface area contributed by atoms with Gasteiger partial charge in [0.2, 0.25) is 0 Å². The Bertz CT molecular complexity index is 1430. The van der Waals surface area contributed by atoms with Gasteiger partial charge in [0, 0.05) is 6.54 Å². The number of para-hydroxylation sites is 2. The molecule has 0 aliphatic heterocycles. The highest BCUT2D eigenvalue weighted by Gasteiger charge is 2.25.